The molecular weight excluding hydrogens is 379 g/mol. The summed E-state index contributed by atoms with van der Waals surface area (Å²) in [6, 6.07) is 2.54. The second kappa shape index (κ2) is 7.51. The van der Waals surface area contributed by atoms with E-state index in [0.29, 0.717) is 6.61 Å². The number of piperidine rings is 1. The Morgan fingerprint density at radius 2 is 1.80 bits per heavy atom. The molecule has 6 heteroatoms. The van der Waals surface area contributed by atoms with Crippen LogP contribution in [0.2, 0.25) is 0 Å². The first-order chi connectivity index (χ1) is 9.61. The van der Waals surface area contributed by atoms with Crippen LogP contribution in [0, 0.1) is 11.6 Å². The van der Waals surface area contributed by atoms with E-state index >= 15 is 0 Å². The van der Waals surface area contributed by atoms with Crippen LogP contribution >= 0.6 is 22.9 Å². The molecule has 1 aliphatic rings. The summed E-state index contributed by atoms with van der Waals surface area (Å²) in [5.41, 5.74) is 0.202. The van der Waals surface area contributed by atoms with Gasteiger partial charge in [0.05, 0.1) is 6.61 Å². The highest BCUT2D eigenvalue weighted by Crippen LogP contribution is 2.34. The molecule has 0 radical (unpaired) electrons. The zero-order valence-corrected chi connectivity index (χ0v) is 13.5. The van der Waals surface area contributed by atoms with E-state index in [1.54, 1.807) is 7.11 Å². The maximum absolute atomic E-state index is 14.1. The monoisotopic (exact) mass is 397 g/mol. The van der Waals surface area contributed by atoms with Crippen molar-refractivity contribution in [2.24, 2.45) is 0 Å². The minimum Gasteiger partial charge on any atom is -0.491 e. The maximum atomic E-state index is 14.1. The topological polar surface area (TPSA) is 21.7 Å². The lowest BCUT2D eigenvalue weighted by molar-refractivity contribution is 0.146. The maximum Gasteiger partial charge on any atom is 0.133 e. The summed E-state index contributed by atoms with van der Waals surface area (Å²) in [5, 5.41) is 0. The Morgan fingerprint density at radius 1 is 1.20 bits per heavy atom. The van der Waals surface area contributed by atoms with Crippen LogP contribution in [0.25, 0.3) is 0 Å². The fourth-order valence-electron chi connectivity index (χ4n) is 2.41. The summed E-state index contributed by atoms with van der Waals surface area (Å²) in [4.78, 5) is 0. The van der Waals surface area contributed by atoms with Crippen LogP contribution < -0.4 is 4.74 Å². The third-order valence-electron chi connectivity index (χ3n) is 3.46. The largest absolute Gasteiger partial charge is 0.491 e. The van der Waals surface area contributed by atoms with Gasteiger partial charge in [-0.3, -0.25) is 0 Å². The quantitative estimate of drug-likeness (QED) is 0.431. The van der Waals surface area contributed by atoms with Gasteiger partial charge in [0.25, 0.3) is 0 Å². The van der Waals surface area contributed by atoms with Crippen LogP contribution in [0.5, 0.6) is 5.75 Å². The molecule has 0 aromatic heterocycles. The third-order valence-corrected chi connectivity index (χ3v) is 4.42. The van der Waals surface area contributed by atoms with Crippen molar-refractivity contribution in [2.75, 3.05) is 33.4 Å². The number of ether oxygens (including phenoxy) is 2. The highest BCUT2D eigenvalue weighted by atomic mass is 127. The van der Waals surface area contributed by atoms with Gasteiger partial charge in [-0.2, -0.15) is 0 Å². The van der Waals surface area contributed by atoms with Crippen LogP contribution in [0.3, 0.4) is 0 Å². The molecule has 0 bridgehead atoms. The molecule has 20 heavy (non-hydrogen) atoms. The second-order valence-corrected chi connectivity index (χ2v) is 6.19. The van der Waals surface area contributed by atoms with Gasteiger partial charge in [0.15, 0.2) is 0 Å². The molecule has 0 atom stereocenters. The summed E-state index contributed by atoms with van der Waals surface area (Å²) in [7, 11) is 1.55. The van der Waals surface area contributed by atoms with Crippen molar-refractivity contribution in [1.82, 2.24) is 3.11 Å². The molecule has 1 fully saturated rings. The van der Waals surface area contributed by atoms with Gasteiger partial charge in [0.1, 0.15) is 24.0 Å². The van der Waals surface area contributed by atoms with E-state index < -0.39 is 11.6 Å². The lowest BCUT2D eigenvalue weighted by Crippen LogP contribution is -2.25. The van der Waals surface area contributed by atoms with Crippen molar-refractivity contribution in [3.63, 3.8) is 0 Å². The van der Waals surface area contributed by atoms with Crippen LogP contribution in [0.1, 0.15) is 24.3 Å². The second-order valence-electron chi connectivity index (χ2n) is 4.83. The Hall–Kier alpha value is -0.470. The minimum atomic E-state index is -0.510. The van der Waals surface area contributed by atoms with Gasteiger partial charge in [0.2, 0.25) is 0 Å². The fraction of sp³-hybridized carbons (Fsp3) is 0.571. The molecule has 3 nitrogen and oxygen atoms in total. The van der Waals surface area contributed by atoms with Crippen LogP contribution in [0.4, 0.5) is 8.78 Å². The molecule has 112 valence electrons. The normalized spacial score (nSPS) is 17.4. The van der Waals surface area contributed by atoms with Gasteiger partial charge in [-0.1, -0.05) is 0 Å². The van der Waals surface area contributed by atoms with E-state index in [1.807, 2.05) is 0 Å². The van der Waals surface area contributed by atoms with Crippen LogP contribution in [0.15, 0.2) is 12.1 Å². The first-order valence-corrected chi connectivity index (χ1v) is 7.59. The van der Waals surface area contributed by atoms with Crippen molar-refractivity contribution in [2.45, 2.75) is 18.8 Å². The molecule has 2 rings (SSSR count). The summed E-state index contributed by atoms with van der Waals surface area (Å²) in [6.07, 6.45) is 1.56. The molecule has 0 aliphatic carbocycles. The Morgan fingerprint density at radius 3 is 2.35 bits per heavy atom. The summed E-state index contributed by atoms with van der Waals surface area (Å²) >= 11 is 2.24. The number of hydrogen-bond acceptors (Lipinski definition) is 3. The average molecular weight is 397 g/mol. The van der Waals surface area contributed by atoms with Crippen molar-refractivity contribution >= 4 is 22.9 Å². The van der Waals surface area contributed by atoms with E-state index in [4.69, 9.17) is 9.47 Å². The molecule has 1 aromatic rings. The van der Waals surface area contributed by atoms with E-state index in [-0.39, 0.29) is 23.8 Å². The number of halogens is 3. The predicted octanol–water partition coefficient (Wildman–Crippen LogP) is 3.52. The van der Waals surface area contributed by atoms with E-state index in [2.05, 4.69) is 26.0 Å². The van der Waals surface area contributed by atoms with Crippen molar-refractivity contribution < 1.29 is 18.3 Å². The minimum absolute atomic E-state index is 0.0472. The summed E-state index contributed by atoms with van der Waals surface area (Å²) in [5.74, 6) is -0.852. The standard InChI is InChI=1S/C14H18F2INO2/c1-19-6-7-20-11-8-12(15)14(13(16)9-11)10-2-4-18(17)5-3-10/h8-10H,2-7H2,1H3. The Kier molecular flexibility index (Phi) is 5.98. The molecule has 1 aliphatic heterocycles. The lowest BCUT2D eigenvalue weighted by atomic mass is 9.89. The fourth-order valence-corrected chi connectivity index (χ4v) is 2.97. The third kappa shape index (κ3) is 4.02. The Labute approximate surface area is 131 Å². The molecule has 0 N–H and O–H groups in total. The molecule has 1 heterocycles. The van der Waals surface area contributed by atoms with E-state index in [0.717, 1.165) is 25.9 Å². The number of rotatable bonds is 5. The zero-order chi connectivity index (χ0) is 14.5. The molecule has 0 spiro atoms. The van der Waals surface area contributed by atoms with Crippen LogP contribution in [-0.4, -0.2) is 36.5 Å². The SMILES string of the molecule is COCCOc1cc(F)c(C2CCN(I)CC2)c(F)c1. The van der Waals surface area contributed by atoms with Crippen molar-refractivity contribution in [3.05, 3.63) is 29.3 Å². The van der Waals surface area contributed by atoms with Crippen molar-refractivity contribution in [1.29, 1.82) is 0 Å². The van der Waals surface area contributed by atoms with E-state index in [9.17, 15) is 8.78 Å². The number of nitrogens with zero attached hydrogens (tertiary/aromatic N) is 1. The summed E-state index contributed by atoms with van der Waals surface area (Å²) < 4.78 is 40.5. The average Bonchev–Trinajstić information content (AvgIpc) is 2.40. The molecule has 1 saturated heterocycles. The number of hydrogen-bond donors (Lipinski definition) is 0. The smallest absolute Gasteiger partial charge is 0.133 e. The summed E-state index contributed by atoms with van der Waals surface area (Å²) in [6.45, 7) is 2.38. The van der Waals surface area contributed by atoms with Gasteiger partial charge < -0.3 is 9.47 Å². The van der Waals surface area contributed by atoms with E-state index in [1.165, 1.54) is 12.1 Å². The molecule has 0 amide bonds. The predicted molar refractivity (Wildman–Crippen MR) is 81.3 cm³/mol. The van der Waals surface area contributed by atoms with Gasteiger partial charge in [-0.15, -0.1) is 0 Å². The first-order valence-electron chi connectivity index (χ1n) is 6.63. The van der Waals surface area contributed by atoms with Gasteiger partial charge in [-0.05, 0) is 18.8 Å². The molecule has 0 saturated carbocycles. The van der Waals surface area contributed by atoms with Gasteiger partial charge in [0, 0.05) is 60.8 Å². The van der Waals surface area contributed by atoms with Gasteiger partial charge >= 0.3 is 0 Å². The lowest BCUT2D eigenvalue weighted by Gasteiger charge is -2.28. The Bertz CT molecular complexity index is 428. The highest BCUT2D eigenvalue weighted by Gasteiger charge is 2.25. The molecule has 0 unspecified atom stereocenters. The molecule has 1 aromatic carbocycles. The Balaban J connectivity index is 2.10. The van der Waals surface area contributed by atoms with Gasteiger partial charge in [-0.25, -0.2) is 11.9 Å². The highest BCUT2D eigenvalue weighted by molar-refractivity contribution is 14.1. The first kappa shape index (κ1) is 15.9. The number of methoxy groups -OCH3 is 1. The van der Waals surface area contributed by atoms with Crippen LogP contribution in [-0.2, 0) is 4.74 Å². The molecular formula is C14H18F2INO2. The van der Waals surface area contributed by atoms with Crippen molar-refractivity contribution in [3.8, 4) is 5.75 Å². The zero-order valence-electron chi connectivity index (χ0n) is 11.4. The number of benzene rings is 1.